The van der Waals surface area contributed by atoms with E-state index in [9.17, 15) is 10.1 Å². The molecule has 0 fully saturated rings. The van der Waals surface area contributed by atoms with Crippen molar-refractivity contribution < 1.29 is 4.92 Å². The van der Waals surface area contributed by atoms with E-state index in [0.29, 0.717) is 6.54 Å². The summed E-state index contributed by atoms with van der Waals surface area (Å²) in [6.45, 7) is 0.673. The van der Waals surface area contributed by atoms with Crippen LogP contribution in [0, 0.1) is 10.1 Å². The molecule has 0 aliphatic carbocycles. The summed E-state index contributed by atoms with van der Waals surface area (Å²) in [6, 6.07) is 0. The van der Waals surface area contributed by atoms with Gasteiger partial charge in [-0.15, -0.1) is 0 Å². The second-order valence-corrected chi connectivity index (χ2v) is 3.25. The summed E-state index contributed by atoms with van der Waals surface area (Å²) in [5.74, 6) is -0.334. The van der Waals surface area contributed by atoms with Gasteiger partial charge in [0, 0.05) is 10.4 Å². The van der Waals surface area contributed by atoms with Crippen molar-refractivity contribution in [3.05, 3.63) is 16.4 Å². The van der Waals surface area contributed by atoms with E-state index in [0.717, 1.165) is 18.2 Å². The molecule has 0 unspecified atom stereocenters. The largest absolute Gasteiger partial charge is 0.490 e. The fraction of sp³-hybridized carbons (Fsp3) is 0.667. The zero-order chi connectivity index (χ0) is 9.68. The van der Waals surface area contributed by atoms with Crippen LogP contribution >= 0.6 is 15.9 Å². The van der Waals surface area contributed by atoms with Crippen LogP contribution in [0.25, 0.3) is 0 Å². The summed E-state index contributed by atoms with van der Waals surface area (Å²) < 4.78 is 1.49. The SMILES string of the molecule is O=[N+]([O-])c1ncn(CCCCBr)n1. The number of unbranched alkanes of at least 4 members (excludes halogenated alkanes) is 1. The molecule has 0 aromatic carbocycles. The van der Waals surface area contributed by atoms with Crippen molar-refractivity contribution >= 4 is 21.9 Å². The number of halogens is 1. The number of aryl methyl sites for hydroxylation is 1. The van der Waals surface area contributed by atoms with E-state index in [4.69, 9.17) is 0 Å². The fourth-order valence-electron chi connectivity index (χ4n) is 0.844. The standard InChI is InChI=1S/C6H9BrN4O2/c7-3-1-2-4-10-5-8-6(9-10)11(12)13/h5H,1-4H2. The minimum absolute atomic E-state index is 0.334. The van der Waals surface area contributed by atoms with E-state index in [2.05, 4.69) is 26.0 Å². The van der Waals surface area contributed by atoms with Crippen LogP contribution in [0.4, 0.5) is 5.95 Å². The molecule has 1 aromatic heterocycles. The number of alkyl halides is 1. The van der Waals surface area contributed by atoms with Crippen LogP contribution in [0.5, 0.6) is 0 Å². The van der Waals surface area contributed by atoms with Gasteiger partial charge in [0.1, 0.15) is 0 Å². The molecule has 0 amide bonds. The Morgan fingerprint density at radius 2 is 2.38 bits per heavy atom. The van der Waals surface area contributed by atoms with E-state index in [1.807, 2.05) is 0 Å². The predicted octanol–water partition coefficient (Wildman–Crippen LogP) is 1.36. The Balaban J connectivity index is 2.44. The molecule has 0 saturated heterocycles. The van der Waals surface area contributed by atoms with Gasteiger partial charge in [-0.25, -0.2) is 0 Å². The van der Waals surface area contributed by atoms with Crippen molar-refractivity contribution in [2.24, 2.45) is 0 Å². The second-order valence-electron chi connectivity index (χ2n) is 2.46. The third-order valence-corrected chi connectivity index (χ3v) is 2.02. The Morgan fingerprint density at radius 3 is 2.92 bits per heavy atom. The molecule has 0 aliphatic heterocycles. The maximum Gasteiger partial charge on any atom is 0.490 e. The minimum atomic E-state index is -0.596. The first-order chi connectivity index (χ1) is 6.24. The highest BCUT2D eigenvalue weighted by Gasteiger charge is 2.11. The molecule has 0 N–H and O–H groups in total. The van der Waals surface area contributed by atoms with Crippen LogP contribution in [0.2, 0.25) is 0 Å². The lowest BCUT2D eigenvalue weighted by Crippen LogP contribution is -1.99. The van der Waals surface area contributed by atoms with Gasteiger partial charge in [0.05, 0.1) is 6.54 Å². The summed E-state index contributed by atoms with van der Waals surface area (Å²) >= 11 is 3.30. The molecule has 6 nitrogen and oxygen atoms in total. The Bertz CT molecular complexity index is 288. The molecular weight excluding hydrogens is 240 g/mol. The molecule has 1 heterocycles. The van der Waals surface area contributed by atoms with Crippen molar-refractivity contribution in [3.8, 4) is 0 Å². The van der Waals surface area contributed by atoms with Crippen LogP contribution in [0.1, 0.15) is 12.8 Å². The average molecular weight is 249 g/mol. The first kappa shape index (κ1) is 10.1. The second kappa shape index (κ2) is 4.90. The van der Waals surface area contributed by atoms with Crippen molar-refractivity contribution in [1.82, 2.24) is 14.8 Å². The monoisotopic (exact) mass is 248 g/mol. The molecule has 1 rings (SSSR count). The molecule has 0 radical (unpaired) electrons. The molecule has 13 heavy (non-hydrogen) atoms. The highest BCUT2D eigenvalue weighted by Crippen LogP contribution is 2.02. The third kappa shape index (κ3) is 3.10. The molecule has 7 heteroatoms. The number of nitrogens with zero attached hydrogens (tertiary/aromatic N) is 4. The lowest BCUT2D eigenvalue weighted by molar-refractivity contribution is -0.394. The zero-order valence-electron chi connectivity index (χ0n) is 6.89. The van der Waals surface area contributed by atoms with E-state index in [1.54, 1.807) is 0 Å². The molecule has 72 valence electrons. The van der Waals surface area contributed by atoms with E-state index in [1.165, 1.54) is 11.0 Å². The van der Waals surface area contributed by atoms with Crippen LogP contribution < -0.4 is 0 Å². The Labute approximate surface area is 83.2 Å². The van der Waals surface area contributed by atoms with Crippen molar-refractivity contribution in [2.75, 3.05) is 5.33 Å². The van der Waals surface area contributed by atoms with Gasteiger partial charge in [0.15, 0.2) is 0 Å². The average Bonchev–Trinajstić information content (AvgIpc) is 2.53. The third-order valence-electron chi connectivity index (χ3n) is 1.46. The smallest absolute Gasteiger partial charge is 0.390 e. The van der Waals surface area contributed by atoms with Gasteiger partial charge in [0.2, 0.25) is 6.33 Å². The molecular formula is C6H9BrN4O2. The molecule has 0 saturated carbocycles. The lowest BCUT2D eigenvalue weighted by atomic mass is 10.3. The van der Waals surface area contributed by atoms with E-state index >= 15 is 0 Å². The molecule has 0 spiro atoms. The van der Waals surface area contributed by atoms with Gasteiger partial charge in [-0.1, -0.05) is 20.9 Å². The predicted molar refractivity (Wildman–Crippen MR) is 49.7 cm³/mol. The van der Waals surface area contributed by atoms with Crippen LogP contribution in [-0.2, 0) is 6.54 Å². The zero-order valence-corrected chi connectivity index (χ0v) is 8.48. The highest BCUT2D eigenvalue weighted by molar-refractivity contribution is 9.09. The van der Waals surface area contributed by atoms with Crippen molar-refractivity contribution in [2.45, 2.75) is 19.4 Å². The number of hydrogen-bond donors (Lipinski definition) is 0. The molecule has 0 atom stereocenters. The van der Waals surface area contributed by atoms with Crippen LogP contribution in [0.15, 0.2) is 6.33 Å². The van der Waals surface area contributed by atoms with Gasteiger partial charge in [-0.2, -0.15) is 4.68 Å². The van der Waals surface area contributed by atoms with Gasteiger partial charge in [-0.05, 0) is 17.8 Å². The highest BCUT2D eigenvalue weighted by atomic mass is 79.9. The van der Waals surface area contributed by atoms with Gasteiger partial charge < -0.3 is 10.1 Å². The topological polar surface area (TPSA) is 73.8 Å². The summed E-state index contributed by atoms with van der Waals surface area (Å²) in [4.78, 5) is 13.1. The van der Waals surface area contributed by atoms with Crippen molar-refractivity contribution in [3.63, 3.8) is 0 Å². The number of nitro groups is 1. The maximum atomic E-state index is 10.2. The number of hydrogen-bond acceptors (Lipinski definition) is 4. The lowest BCUT2D eigenvalue weighted by Gasteiger charge is -1.93. The van der Waals surface area contributed by atoms with Crippen molar-refractivity contribution in [1.29, 1.82) is 0 Å². The fourth-order valence-corrected chi connectivity index (χ4v) is 1.24. The number of rotatable bonds is 5. The van der Waals surface area contributed by atoms with Crippen LogP contribution in [0.3, 0.4) is 0 Å². The molecule has 1 aromatic rings. The van der Waals surface area contributed by atoms with E-state index in [-0.39, 0.29) is 5.95 Å². The van der Waals surface area contributed by atoms with Gasteiger partial charge in [-0.3, -0.25) is 0 Å². The van der Waals surface area contributed by atoms with E-state index < -0.39 is 4.92 Å². The molecule has 0 aliphatic rings. The van der Waals surface area contributed by atoms with Gasteiger partial charge >= 0.3 is 5.95 Å². The minimum Gasteiger partial charge on any atom is -0.390 e. The summed E-state index contributed by atoms with van der Waals surface area (Å²) in [6.07, 6.45) is 3.34. The first-order valence-electron chi connectivity index (χ1n) is 3.84. The summed E-state index contributed by atoms with van der Waals surface area (Å²) in [5, 5.41) is 14.8. The molecule has 0 bridgehead atoms. The Kier molecular flexibility index (Phi) is 3.81. The first-order valence-corrected chi connectivity index (χ1v) is 4.96. The number of aromatic nitrogens is 3. The summed E-state index contributed by atoms with van der Waals surface area (Å²) in [7, 11) is 0. The normalized spacial score (nSPS) is 10.2. The summed E-state index contributed by atoms with van der Waals surface area (Å²) in [5.41, 5.74) is 0. The Morgan fingerprint density at radius 1 is 1.62 bits per heavy atom. The maximum absolute atomic E-state index is 10.2. The van der Waals surface area contributed by atoms with Crippen LogP contribution in [-0.4, -0.2) is 25.0 Å². The Hall–Kier alpha value is -0.980. The van der Waals surface area contributed by atoms with Gasteiger partial charge in [0.25, 0.3) is 0 Å². The quantitative estimate of drug-likeness (QED) is 0.342.